The third-order valence-electron chi connectivity index (χ3n) is 6.68. The van der Waals surface area contributed by atoms with Crippen LogP contribution in [0.15, 0.2) is 58.2 Å². The molecule has 0 aromatic heterocycles. The van der Waals surface area contributed by atoms with Crippen LogP contribution in [0.5, 0.6) is 17.2 Å². The van der Waals surface area contributed by atoms with Gasteiger partial charge in [-0.1, -0.05) is 30.0 Å². The van der Waals surface area contributed by atoms with Crippen molar-refractivity contribution in [1.29, 1.82) is 0 Å². The zero-order valence-corrected chi connectivity index (χ0v) is 24.2. The van der Waals surface area contributed by atoms with Gasteiger partial charge in [0.2, 0.25) is 5.75 Å². The third-order valence-corrected chi connectivity index (χ3v) is 8.34. The van der Waals surface area contributed by atoms with Crippen molar-refractivity contribution >= 4 is 34.5 Å². The van der Waals surface area contributed by atoms with E-state index in [1.807, 2.05) is 36.6 Å². The van der Waals surface area contributed by atoms with E-state index in [9.17, 15) is 14.4 Å². The van der Waals surface area contributed by atoms with Crippen LogP contribution in [0.25, 0.3) is 11.1 Å². The van der Waals surface area contributed by atoms with Crippen LogP contribution < -0.4 is 25.0 Å². The number of amides is 1. The van der Waals surface area contributed by atoms with Gasteiger partial charge in [-0.25, -0.2) is 0 Å². The lowest BCUT2D eigenvalue weighted by Crippen LogP contribution is -2.29. The highest BCUT2D eigenvalue weighted by atomic mass is 32.2. The molecule has 1 aliphatic rings. The first-order valence-electron chi connectivity index (χ1n) is 12.4. The lowest BCUT2D eigenvalue weighted by atomic mass is 9.96. The second kappa shape index (κ2) is 12.6. The van der Waals surface area contributed by atoms with Crippen LogP contribution in [-0.4, -0.2) is 38.6 Å². The summed E-state index contributed by atoms with van der Waals surface area (Å²) in [5, 5.41) is 3.19. The van der Waals surface area contributed by atoms with Gasteiger partial charge < -0.3 is 19.5 Å². The Morgan fingerprint density at radius 1 is 0.974 bits per heavy atom. The van der Waals surface area contributed by atoms with E-state index in [1.165, 1.54) is 30.4 Å². The van der Waals surface area contributed by atoms with E-state index in [0.717, 1.165) is 27.8 Å². The van der Waals surface area contributed by atoms with E-state index >= 15 is 0 Å². The van der Waals surface area contributed by atoms with Crippen molar-refractivity contribution in [1.82, 2.24) is 5.32 Å². The molecule has 1 N–H and O–H groups in total. The number of carbonyl (C=O) groups is 2. The largest absolute Gasteiger partial charge is 0.493 e. The maximum absolute atomic E-state index is 13.5. The van der Waals surface area contributed by atoms with Gasteiger partial charge in [0.1, 0.15) is 0 Å². The molecule has 0 spiro atoms. The van der Waals surface area contributed by atoms with Crippen LogP contribution in [0.1, 0.15) is 46.4 Å². The van der Waals surface area contributed by atoms with Crippen molar-refractivity contribution in [3.63, 3.8) is 0 Å². The predicted molar refractivity (Wildman–Crippen MR) is 157 cm³/mol. The van der Waals surface area contributed by atoms with Gasteiger partial charge in [-0.3, -0.25) is 14.4 Å². The fourth-order valence-corrected chi connectivity index (χ4v) is 5.87. The Morgan fingerprint density at radius 3 is 2.41 bits per heavy atom. The normalized spacial score (nSPS) is 13.9. The third kappa shape index (κ3) is 6.09. The number of methoxy groups -OCH3 is 3. The Labute approximate surface area is 236 Å². The molecular formula is C30H31NO6S2. The average molecular weight is 566 g/mol. The van der Waals surface area contributed by atoms with Gasteiger partial charge in [-0.2, -0.15) is 0 Å². The molecule has 0 fully saturated rings. The quantitative estimate of drug-likeness (QED) is 0.350. The Balaban J connectivity index is 1.82. The minimum absolute atomic E-state index is 0.0223. The van der Waals surface area contributed by atoms with Crippen LogP contribution in [0.3, 0.4) is 0 Å². The number of rotatable bonds is 8. The van der Waals surface area contributed by atoms with Crippen LogP contribution >= 0.6 is 23.5 Å². The molecule has 3 aromatic carbocycles. The SMILES string of the molecule is COc1cc2c(c(OC)c1OC)CC[C@H](NC(=O)c1cccc(CSC(C)=O)c1)c1cc(=O)c(SC)ccc1-2. The van der Waals surface area contributed by atoms with Gasteiger partial charge in [0, 0.05) is 23.8 Å². The molecule has 1 amide bonds. The van der Waals surface area contributed by atoms with Crippen molar-refractivity contribution in [3.8, 4) is 28.4 Å². The van der Waals surface area contributed by atoms with Gasteiger partial charge >= 0.3 is 0 Å². The molecular weight excluding hydrogens is 534 g/mol. The molecule has 7 nitrogen and oxygen atoms in total. The van der Waals surface area contributed by atoms with Crippen molar-refractivity contribution in [2.75, 3.05) is 27.6 Å². The van der Waals surface area contributed by atoms with E-state index in [1.54, 1.807) is 39.5 Å². The summed E-state index contributed by atoms with van der Waals surface area (Å²) in [6.07, 6.45) is 2.97. The van der Waals surface area contributed by atoms with Crippen LogP contribution in [0.2, 0.25) is 0 Å². The maximum Gasteiger partial charge on any atom is 0.251 e. The number of thioether (sulfide) groups is 2. The average Bonchev–Trinajstić information content (AvgIpc) is 3.19. The van der Waals surface area contributed by atoms with Gasteiger partial charge in [-0.15, -0.1) is 11.8 Å². The molecule has 0 saturated heterocycles. The molecule has 0 unspecified atom stereocenters. The lowest BCUT2D eigenvalue weighted by molar-refractivity contribution is -0.109. The monoisotopic (exact) mass is 565 g/mol. The second-order valence-electron chi connectivity index (χ2n) is 9.00. The highest BCUT2D eigenvalue weighted by molar-refractivity contribution is 8.12. The number of benzene rings is 2. The number of fused-ring (bicyclic) bond motifs is 3. The Hall–Kier alpha value is -3.43. The number of carbonyl (C=O) groups excluding carboxylic acids is 2. The fraction of sp³-hybridized carbons (Fsp3) is 0.300. The molecule has 9 heteroatoms. The fourth-order valence-electron chi connectivity index (χ4n) is 4.86. The van der Waals surface area contributed by atoms with Crippen LogP contribution in [-0.2, 0) is 17.0 Å². The minimum Gasteiger partial charge on any atom is -0.493 e. The summed E-state index contributed by atoms with van der Waals surface area (Å²) in [5.41, 5.74) is 4.60. The predicted octanol–water partition coefficient (Wildman–Crippen LogP) is 5.66. The van der Waals surface area contributed by atoms with Crippen LogP contribution in [0, 0.1) is 0 Å². The molecule has 204 valence electrons. The molecule has 0 bridgehead atoms. The first-order valence-corrected chi connectivity index (χ1v) is 14.6. The zero-order chi connectivity index (χ0) is 28.1. The highest BCUT2D eigenvalue weighted by Gasteiger charge is 2.29. The molecule has 0 saturated carbocycles. The Morgan fingerprint density at radius 2 is 1.74 bits per heavy atom. The summed E-state index contributed by atoms with van der Waals surface area (Å²) in [4.78, 5) is 38.6. The molecule has 39 heavy (non-hydrogen) atoms. The summed E-state index contributed by atoms with van der Waals surface area (Å²) in [6.45, 7) is 1.52. The topological polar surface area (TPSA) is 90.9 Å². The minimum atomic E-state index is -0.438. The molecule has 3 aromatic rings. The summed E-state index contributed by atoms with van der Waals surface area (Å²) in [7, 11) is 4.73. The number of ether oxygens (including phenoxy) is 3. The first kappa shape index (κ1) is 28.6. The number of hydrogen-bond acceptors (Lipinski definition) is 8. The summed E-state index contributed by atoms with van der Waals surface area (Å²) < 4.78 is 17.0. The maximum atomic E-state index is 13.5. The molecule has 0 aliphatic heterocycles. The molecule has 1 atom stereocenters. The van der Waals surface area contributed by atoms with Crippen molar-refractivity contribution < 1.29 is 23.8 Å². The van der Waals surface area contributed by atoms with E-state index in [4.69, 9.17) is 14.2 Å². The molecule has 1 aliphatic carbocycles. The highest BCUT2D eigenvalue weighted by Crippen LogP contribution is 2.49. The van der Waals surface area contributed by atoms with E-state index in [-0.39, 0.29) is 16.5 Å². The summed E-state index contributed by atoms with van der Waals surface area (Å²) >= 11 is 2.58. The summed E-state index contributed by atoms with van der Waals surface area (Å²) in [5.74, 6) is 1.82. The molecule has 0 heterocycles. The Kier molecular flexibility index (Phi) is 9.24. The van der Waals surface area contributed by atoms with E-state index in [2.05, 4.69) is 5.32 Å². The van der Waals surface area contributed by atoms with E-state index in [0.29, 0.717) is 46.3 Å². The van der Waals surface area contributed by atoms with Gasteiger partial charge in [0.25, 0.3) is 5.91 Å². The van der Waals surface area contributed by atoms with Crippen molar-refractivity contribution in [3.05, 3.63) is 81.0 Å². The number of hydrogen-bond donors (Lipinski definition) is 1. The Bertz CT molecular complexity index is 1470. The van der Waals surface area contributed by atoms with E-state index < -0.39 is 6.04 Å². The van der Waals surface area contributed by atoms with Crippen molar-refractivity contribution in [2.24, 2.45) is 0 Å². The number of nitrogens with one attached hydrogen (secondary N) is 1. The van der Waals surface area contributed by atoms with Gasteiger partial charge in [-0.05, 0) is 71.7 Å². The standard InChI is InChI=1S/C30H31NO6S2/c1-17(32)39-16-18-7-6-8-19(13-18)30(34)31-24-11-9-21-22(15-26(35-2)29(37-4)28(21)36-3)20-10-12-27(38-5)25(33)14-23(20)24/h6-8,10,12-15,24H,9,11,16H2,1-5H3,(H,31,34)/t24-/m0/s1. The first-order chi connectivity index (χ1) is 18.8. The molecule has 0 radical (unpaired) electrons. The smallest absolute Gasteiger partial charge is 0.251 e. The van der Waals surface area contributed by atoms with Gasteiger partial charge in [0.15, 0.2) is 22.0 Å². The lowest BCUT2D eigenvalue weighted by Gasteiger charge is -2.19. The second-order valence-corrected chi connectivity index (χ2v) is 11.0. The zero-order valence-electron chi connectivity index (χ0n) is 22.6. The molecule has 4 rings (SSSR count). The van der Waals surface area contributed by atoms with Gasteiger partial charge in [0.05, 0.1) is 32.3 Å². The van der Waals surface area contributed by atoms with Crippen LogP contribution in [0.4, 0.5) is 0 Å². The van der Waals surface area contributed by atoms with Crippen molar-refractivity contribution in [2.45, 2.75) is 36.5 Å². The summed E-state index contributed by atoms with van der Waals surface area (Å²) in [6, 6.07) is 14.1.